The summed E-state index contributed by atoms with van der Waals surface area (Å²) < 4.78 is 17.0. The monoisotopic (exact) mass is 426 g/mol. The van der Waals surface area contributed by atoms with Crippen LogP contribution in [0.3, 0.4) is 0 Å². The molecule has 0 bridgehead atoms. The molecule has 1 fully saturated rings. The first-order valence-electron chi connectivity index (χ1n) is 11.2. The Morgan fingerprint density at radius 3 is 2.52 bits per heavy atom. The lowest BCUT2D eigenvalue weighted by Gasteiger charge is -2.29. The first kappa shape index (κ1) is 22.9. The van der Waals surface area contributed by atoms with Crippen LogP contribution in [0.5, 0.6) is 17.2 Å². The highest BCUT2D eigenvalue weighted by atomic mass is 16.5. The van der Waals surface area contributed by atoms with Gasteiger partial charge in [0.25, 0.3) is 5.91 Å². The van der Waals surface area contributed by atoms with E-state index in [0.717, 1.165) is 30.8 Å². The number of carbonyl (C=O) groups is 1. The number of nitrogens with one attached hydrogen (secondary N) is 1. The summed E-state index contributed by atoms with van der Waals surface area (Å²) in [7, 11) is 1.69. The van der Waals surface area contributed by atoms with Crippen LogP contribution in [0, 0.1) is 0 Å². The van der Waals surface area contributed by atoms with Gasteiger partial charge in [-0.25, -0.2) is 0 Å². The van der Waals surface area contributed by atoms with Crippen molar-refractivity contribution in [3.63, 3.8) is 0 Å². The van der Waals surface area contributed by atoms with Crippen LogP contribution < -0.4 is 19.5 Å². The summed E-state index contributed by atoms with van der Waals surface area (Å²) in [5.41, 5.74) is 1.66. The fourth-order valence-corrected chi connectivity index (χ4v) is 3.97. The van der Waals surface area contributed by atoms with Crippen LogP contribution in [0.25, 0.3) is 0 Å². The first-order chi connectivity index (χ1) is 15.2. The van der Waals surface area contributed by atoms with E-state index in [2.05, 4.69) is 23.2 Å². The molecule has 6 nitrogen and oxygen atoms in total. The Labute approximate surface area is 185 Å². The second-order valence-corrected chi connectivity index (χ2v) is 7.65. The molecule has 2 aromatic rings. The van der Waals surface area contributed by atoms with E-state index in [1.165, 1.54) is 12.8 Å². The summed E-state index contributed by atoms with van der Waals surface area (Å²) in [5, 5.41) is 3.13. The number of hydrogen-bond donors (Lipinski definition) is 1. The topological polar surface area (TPSA) is 60.0 Å². The van der Waals surface area contributed by atoms with Crippen molar-refractivity contribution in [3.05, 3.63) is 53.6 Å². The molecule has 1 saturated heterocycles. The van der Waals surface area contributed by atoms with Crippen molar-refractivity contribution in [1.82, 2.24) is 10.2 Å². The smallest absolute Gasteiger partial charge is 0.251 e. The summed E-state index contributed by atoms with van der Waals surface area (Å²) in [6.45, 7) is 7.66. The van der Waals surface area contributed by atoms with Gasteiger partial charge in [-0.05, 0) is 63.5 Å². The molecule has 31 heavy (non-hydrogen) atoms. The number of carbonyl (C=O) groups excluding carboxylic acids is 1. The molecular formula is C25H34N2O4. The number of methoxy groups -OCH3 is 1. The van der Waals surface area contributed by atoms with Crippen LogP contribution in [-0.4, -0.2) is 50.8 Å². The Bertz CT molecular complexity index is 849. The molecule has 0 radical (unpaired) electrons. The number of nitrogens with zero attached hydrogens (tertiary/aromatic N) is 1. The highest BCUT2D eigenvalue weighted by molar-refractivity contribution is 5.94. The van der Waals surface area contributed by atoms with Gasteiger partial charge in [-0.3, -0.25) is 9.69 Å². The van der Waals surface area contributed by atoms with Crippen LogP contribution in [0.15, 0.2) is 42.5 Å². The molecular weight excluding hydrogens is 392 g/mol. The highest BCUT2D eigenvalue weighted by Crippen LogP contribution is 2.32. The first-order valence-corrected chi connectivity index (χ1v) is 11.2. The third kappa shape index (κ3) is 5.91. The molecule has 2 aromatic carbocycles. The highest BCUT2D eigenvalue weighted by Gasteiger charge is 2.26. The average molecular weight is 427 g/mol. The quantitative estimate of drug-likeness (QED) is 0.575. The third-order valence-corrected chi connectivity index (χ3v) is 5.50. The van der Waals surface area contributed by atoms with E-state index in [4.69, 9.17) is 14.2 Å². The Morgan fingerprint density at radius 2 is 1.81 bits per heavy atom. The molecule has 3 rings (SSSR count). The predicted octanol–water partition coefficient (Wildman–Crippen LogP) is 4.45. The van der Waals surface area contributed by atoms with Crippen LogP contribution >= 0.6 is 0 Å². The van der Waals surface area contributed by atoms with Gasteiger partial charge in [-0.2, -0.15) is 0 Å². The molecule has 1 atom stereocenters. The normalized spacial score (nSPS) is 14.8. The molecule has 1 heterocycles. The van der Waals surface area contributed by atoms with E-state index < -0.39 is 0 Å². The zero-order valence-corrected chi connectivity index (χ0v) is 18.9. The molecule has 1 aliphatic rings. The second kappa shape index (κ2) is 11.6. The molecule has 1 N–H and O–H groups in total. The fraction of sp³-hybridized carbons (Fsp3) is 0.480. The van der Waals surface area contributed by atoms with Gasteiger partial charge in [0.05, 0.1) is 26.4 Å². The van der Waals surface area contributed by atoms with E-state index in [-0.39, 0.29) is 11.9 Å². The zero-order chi connectivity index (χ0) is 22.1. The number of rotatable bonds is 11. The van der Waals surface area contributed by atoms with Crippen molar-refractivity contribution in [3.8, 4) is 17.2 Å². The number of likely N-dealkylation sites (tertiary alicyclic amines) is 1. The SMILES string of the molecule is CCCOc1ccc(C(=O)NCC(c2ccccc2OC)N2CCCC2)cc1OCC. The average Bonchev–Trinajstić information content (AvgIpc) is 3.33. The number of benzene rings is 2. The largest absolute Gasteiger partial charge is 0.496 e. The van der Waals surface area contributed by atoms with Crippen LogP contribution in [0.4, 0.5) is 0 Å². The summed E-state index contributed by atoms with van der Waals surface area (Å²) in [6.07, 6.45) is 3.27. The van der Waals surface area contributed by atoms with Gasteiger partial charge in [0.1, 0.15) is 5.75 Å². The zero-order valence-electron chi connectivity index (χ0n) is 18.9. The van der Waals surface area contributed by atoms with Gasteiger partial charge < -0.3 is 19.5 Å². The molecule has 6 heteroatoms. The van der Waals surface area contributed by atoms with E-state index >= 15 is 0 Å². The van der Waals surface area contributed by atoms with Gasteiger partial charge >= 0.3 is 0 Å². The van der Waals surface area contributed by atoms with Gasteiger partial charge in [-0.15, -0.1) is 0 Å². The van der Waals surface area contributed by atoms with Crippen molar-refractivity contribution in [1.29, 1.82) is 0 Å². The summed E-state index contributed by atoms with van der Waals surface area (Å²) >= 11 is 0. The third-order valence-electron chi connectivity index (χ3n) is 5.50. The molecule has 1 aliphatic heterocycles. The number of amides is 1. The molecule has 168 valence electrons. The van der Waals surface area contributed by atoms with Gasteiger partial charge in [0.2, 0.25) is 0 Å². The lowest BCUT2D eigenvalue weighted by molar-refractivity contribution is 0.0936. The molecule has 0 saturated carbocycles. The predicted molar refractivity (Wildman–Crippen MR) is 122 cm³/mol. The van der Waals surface area contributed by atoms with E-state index in [9.17, 15) is 4.79 Å². The maximum Gasteiger partial charge on any atom is 0.251 e. The van der Waals surface area contributed by atoms with Crippen molar-refractivity contribution in [2.75, 3.05) is 40.0 Å². The molecule has 0 aromatic heterocycles. The van der Waals surface area contributed by atoms with Crippen molar-refractivity contribution in [2.24, 2.45) is 0 Å². The minimum absolute atomic E-state index is 0.0705. The van der Waals surface area contributed by atoms with Crippen molar-refractivity contribution >= 4 is 5.91 Å². The summed E-state index contributed by atoms with van der Waals surface area (Å²) in [6, 6.07) is 13.5. The van der Waals surface area contributed by atoms with Crippen LogP contribution in [0.2, 0.25) is 0 Å². The van der Waals surface area contributed by atoms with Crippen molar-refractivity contribution in [2.45, 2.75) is 39.2 Å². The molecule has 1 unspecified atom stereocenters. The second-order valence-electron chi connectivity index (χ2n) is 7.65. The van der Waals surface area contributed by atoms with E-state index in [1.54, 1.807) is 19.2 Å². The molecule has 1 amide bonds. The lowest BCUT2D eigenvalue weighted by atomic mass is 10.0. The summed E-state index contributed by atoms with van der Waals surface area (Å²) in [5.74, 6) is 2.00. The standard InChI is InChI=1S/C25H34N2O4/c1-4-16-31-23-13-12-19(17-24(23)30-5-2)25(28)26-18-21(27-14-8-9-15-27)20-10-6-7-11-22(20)29-3/h6-7,10-13,17,21H,4-5,8-9,14-16,18H2,1-3H3,(H,26,28). The minimum atomic E-state index is -0.123. The number of para-hydroxylation sites is 1. The maximum atomic E-state index is 13.0. The van der Waals surface area contributed by atoms with Crippen LogP contribution in [-0.2, 0) is 0 Å². The Balaban J connectivity index is 1.75. The van der Waals surface area contributed by atoms with Gasteiger partial charge in [-0.1, -0.05) is 25.1 Å². The minimum Gasteiger partial charge on any atom is -0.496 e. The number of hydrogen-bond acceptors (Lipinski definition) is 5. The van der Waals surface area contributed by atoms with Crippen molar-refractivity contribution < 1.29 is 19.0 Å². The van der Waals surface area contributed by atoms with E-state index in [1.807, 2.05) is 31.2 Å². The van der Waals surface area contributed by atoms with Crippen LogP contribution in [0.1, 0.15) is 55.1 Å². The number of ether oxygens (including phenoxy) is 3. The Kier molecular flexibility index (Phi) is 8.59. The summed E-state index contributed by atoms with van der Waals surface area (Å²) in [4.78, 5) is 15.4. The molecule has 0 aliphatic carbocycles. The Morgan fingerprint density at radius 1 is 1.03 bits per heavy atom. The Hall–Kier alpha value is -2.73. The lowest BCUT2D eigenvalue weighted by Crippen LogP contribution is -2.37. The molecule has 0 spiro atoms. The maximum absolute atomic E-state index is 13.0. The van der Waals surface area contributed by atoms with E-state index in [0.29, 0.717) is 36.8 Å². The van der Waals surface area contributed by atoms with Gasteiger partial charge in [0.15, 0.2) is 11.5 Å². The van der Waals surface area contributed by atoms with Gasteiger partial charge in [0, 0.05) is 17.7 Å². The fourth-order valence-electron chi connectivity index (χ4n) is 3.97.